The summed E-state index contributed by atoms with van der Waals surface area (Å²) < 4.78 is 7.24. The molecule has 0 spiro atoms. The van der Waals surface area contributed by atoms with Crippen LogP contribution in [0, 0.1) is 0 Å². The highest BCUT2D eigenvalue weighted by molar-refractivity contribution is 7.24. The molecule has 0 radical (unpaired) electrons. The second kappa shape index (κ2) is 3.86. The SMILES string of the molecule is COc1cccc2sc3ccccc3c(=O)c12. The molecule has 2 aromatic carbocycles. The van der Waals surface area contributed by atoms with Gasteiger partial charge < -0.3 is 4.74 Å². The molecule has 0 fully saturated rings. The number of fused-ring (bicyclic) bond motifs is 2. The van der Waals surface area contributed by atoms with Crippen LogP contribution in [-0.4, -0.2) is 7.11 Å². The van der Waals surface area contributed by atoms with Crippen LogP contribution in [0.5, 0.6) is 5.75 Å². The Balaban J connectivity index is 2.60. The van der Waals surface area contributed by atoms with Crippen molar-refractivity contribution in [2.24, 2.45) is 0 Å². The van der Waals surface area contributed by atoms with Crippen molar-refractivity contribution in [1.82, 2.24) is 0 Å². The van der Waals surface area contributed by atoms with Crippen molar-refractivity contribution in [3.05, 3.63) is 52.7 Å². The lowest BCUT2D eigenvalue weighted by Crippen LogP contribution is -2.02. The molecule has 3 heteroatoms. The average Bonchev–Trinajstić information content (AvgIpc) is 2.38. The fourth-order valence-corrected chi connectivity index (χ4v) is 3.08. The zero-order valence-electron chi connectivity index (χ0n) is 9.27. The van der Waals surface area contributed by atoms with Crippen LogP contribution in [0.3, 0.4) is 0 Å². The predicted molar refractivity (Wildman–Crippen MR) is 72.2 cm³/mol. The number of ether oxygens (including phenoxy) is 1. The van der Waals surface area contributed by atoms with Crippen LogP contribution < -0.4 is 10.2 Å². The van der Waals surface area contributed by atoms with Crippen LogP contribution in [0.4, 0.5) is 0 Å². The van der Waals surface area contributed by atoms with Crippen LogP contribution in [0.2, 0.25) is 0 Å². The largest absolute Gasteiger partial charge is 0.496 e. The van der Waals surface area contributed by atoms with Crippen LogP contribution in [-0.2, 0) is 0 Å². The van der Waals surface area contributed by atoms with Gasteiger partial charge in [0.05, 0.1) is 12.5 Å². The number of benzene rings is 2. The molecule has 0 aliphatic carbocycles. The molecule has 84 valence electrons. The van der Waals surface area contributed by atoms with Crippen LogP contribution in [0.25, 0.3) is 20.2 Å². The van der Waals surface area contributed by atoms with Gasteiger partial charge in [-0.15, -0.1) is 11.3 Å². The Labute approximate surface area is 102 Å². The molecule has 0 atom stereocenters. The summed E-state index contributed by atoms with van der Waals surface area (Å²) in [6, 6.07) is 13.4. The molecule has 17 heavy (non-hydrogen) atoms. The van der Waals surface area contributed by atoms with E-state index < -0.39 is 0 Å². The van der Waals surface area contributed by atoms with E-state index in [0.717, 1.165) is 14.8 Å². The molecule has 0 N–H and O–H groups in total. The van der Waals surface area contributed by atoms with E-state index in [4.69, 9.17) is 4.74 Å². The molecule has 0 aliphatic heterocycles. The van der Waals surface area contributed by atoms with Gasteiger partial charge in [-0.25, -0.2) is 0 Å². The summed E-state index contributed by atoms with van der Waals surface area (Å²) in [6.07, 6.45) is 0. The zero-order valence-corrected chi connectivity index (χ0v) is 10.1. The number of rotatable bonds is 1. The molecular formula is C14H10O2S. The van der Waals surface area contributed by atoms with Crippen molar-refractivity contribution < 1.29 is 4.74 Å². The van der Waals surface area contributed by atoms with Crippen molar-refractivity contribution in [2.45, 2.75) is 0 Å². The minimum atomic E-state index is 0.0480. The first-order chi connectivity index (χ1) is 8.31. The third-order valence-corrected chi connectivity index (χ3v) is 3.92. The average molecular weight is 242 g/mol. The van der Waals surface area contributed by atoms with E-state index in [1.54, 1.807) is 18.4 Å². The third kappa shape index (κ3) is 1.51. The van der Waals surface area contributed by atoms with Crippen molar-refractivity contribution in [3.63, 3.8) is 0 Å². The van der Waals surface area contributed by atoms with Gasteiger partial charge in [-0.3, -0.25) is 4.79 Å². The van der Waals surface area contributed by atoms with E-state index in [2.05, 4.69) is 0 Å². The van der Waals surface area contributed by atoms with E-state index in [9.17, 15) is 4.79 Å². The van der Waals surface area contributed by atoms with Crippen molar-refractivity contribution in [2.75, 3.05) is 7.11 Å². The number of methoxy groups -OCH3 is 1. The summed E-state index contributed by atoms with van der Waals surface area (Å²) in [5.41, 5.74) is 0.0480. The van der Waals surface area contributed by atoms with Gasteiger partial charge in [-0.05, 0) is 24.3 Å². The molecule has 0 saturated heterocycles. The normalized spacial score (nSPS) is 10.9. The molecule has 1 heterocycles. The highest BCUT2D eigenvalue weighted by Crippen LogP contribution is 2.29. The van der Waals surface area contributed by atoms with Gasteiger partial charge in [0.1, 0.15) is 5.75 Å². The second-order valence-electron chi connectivity index (χ2n) is 3.76. The Hall–Kier alpha value is -1.87. The van der Waals surface area contributed by atoms with E-state index >= 15 is 0 Å². The molecule has 0 saturated carbocycles. The fraction of sp³-hybridized carbons (Fsp3) is 0.0714. The first-order valence-corrected chi connectivity index (χ1v) is 6.11. The summed E-state index contributed by atoms with van der Waals surface area (Å²) in [4.78, 5) is 12.4. The van der Waals surface area contributed by atoms with Crippen LogP contribution >= 0.6 is 11.3 Å². The first-order valence-electron chi connectivity index (χ1n) is 5.30. The molecule has 0 unspecified atom stereocenters. The Morgan fingerprint density at radius 3 is 2.59 bits per heavy atom. The summed E-state index contributed by atoms with van der Waals surface area (Å²) in [7, 11) is 1.59. The van der Waals surface area contributed by atoms with Crippen molar-refractivity contribution in [1.29, 1.82) is 0 Å². The summed E-state index contributed by atoms with van der Waals surface area (Å²) in [5, 5.41) is 1.44. The Kier molecular flexibility index (Phi) is 2.34. The summed E-state index contributed by atoms with van der Waals surface area (Å²) >= 11 is 1.61. The van der Waals surface area contributed by atoms with E-state index in [1.165, 1.54) is 0 Å². The van der Waals surface area contributed by atoms with Crippen LogP contribution in [0.15, 0.2) is 47.3 Å². The molecular weight excluding hydrogens is 232 g/mol. The third-order valence-electron chi connectivity index (χ3n) is 2.79. The highest BCUT2D eigenvalue weighted by atomic mass is 32.1. The van der Waals surface area contributed by atoms with E-state index in [1.807, 2.05) is 42.5 Å². The standard InChI is InChI=1S/C14H10O2S/c1-16-10-6-4-8-12-13(10)14(15)9-5-2-3-7-11(9)17-12/h2-8H,1H3. The Bertz CT molecular complexity index is 759. The molecule has 0 amide bonds. The Morgan fingerprint density at radius 2 is 1.76 bits per heavy atom. The predicted octanol–water partition coefficient (Wildman–Crippen LogP) is 3.42. The first kappa shape index (κ1) is 10.3. The molecule has 2 nitrogen and oxygen atoms in total. The Morgan fingerprint density at radius 1 is 1.00 bits per heavy atom. The lowest BCUT2D eigenvalue weighted by molar-refractivity contribution is 0.419. The maximum absolute atomic E-state index is 12.4. The summed E-state index contributed by atoms with van der Waals surface area (Å²) in [5.74, 6) is 0.648. The fourth-order valence-electron chi connectivity index (χ4n) is 1.99. The van der Waals surface area contributed by atoms with Gasteiger partial charge in [0.2, 0.25) is 0 Å². The molecule has 0 bridgehead atoms. The monoisotopic (exact) mass is 242 g/mol. The molecule has 3 rings (SSSR count). The quantitative estimate of drug-likeness (QED) is 0.611. The zero-order chi connectivity index (χ0) is 11.8. The lowest BCUT2D eigenvalue weighted by atomic mass is 10.1. The van der Waals surface area contributed by atoms with E-state index in [0.29, 0.717) is 11.1 Å². The van der Waals surface area contributed by atoms with Gasteiger partial charge >= 0.3 is 0 Å². The second-order valence-corrected chi connectivity index (χ2v) is 4.84. The summed E-state index contributed by atoms with van der Waals surface area (Å²) in [6.45, 7) is 0. The van der Waals surface area contributed by atoms with Gasteiger partial charge in [0.25, 0.3) is 0 Å². The highest BCUT2D eigenvalue weighted by Gasteiger charge is 2.09. The van der Waals surface area contributed by atoms with Gasteiger partial charge in [-0.2, -0.15) is 0 Å². The van der Waals surface area contributed by atoms with E-state index in [-0.39, 0.29) is 5.43 Å². The van der Waals surface area contributed by atoms with Gasteiger partial charge in [-0.1, -0.05) is 18.2 Å². The minimum absolute atomic E-state index is 0.0480. The van der Waals surface area contributed by atoms with Gasteiger partial charge in [0.15, 0.2) is 5.43 Å². The molecule has 0 aliphatic rings. The maximum atomic E-state index is 12.4. The number of hydrogen-bond acceptors (Lipinski definition) is 3. The van der Waals surface area contributed by atoms with Crippen molar-refractivity contribution in [3.8, 4) is 5.75 Å². The lowest BCUT2D eigenvalue weighted by Gasteiger charge is -2.05. The molecule has 1 aromatic heterocycles. The van der Waals surface area contributed by atoms with Gasteiger partial charge in [0, 0.05) is 14.8 Å². The van der Waals surface area contributed by atoms with Crippen molar-refractivity contribution >= 4 is 31.5 Å². The molecule has 3 aromatic rings. The maximum Gasteiger partial charge on any atom is 0.199 e. The topological polar surface area (TPSA) is 26.3 Å². The number of hydrogen-bond donors (Lipinski definition) is 0. The minimum Gasteiger partial charge on any atom is -0.496 e. The smallest absolute Gasteiger partial charge is 0.199 e. The van der Waals surface area contributed by atoms with Crippen LogP contribution in [0.1, 0.15) is 0 Å².